The Balaban J connectivity index is 2.06. The van der Waals surface area contributed by atoms with E-state index >= 15 is 0 Å². The van der Waals surface area contributed by atoms with Crippen LogP contribution in [0.1, 0.15) is 38.2 Å². The predicted octanol–water partition coefficient (Wildman–Crippen LogP) is 4.26. The van der Waals surface area contributed by atoms with Crippen LogP contribution in [0.3, 0.4) is 0 Å². The molecule has 1 fully saturated rings. The predicted molar refractivity (Wildman–Crippen MR) is 66.1 cm³/mol. The van der Waals surface area contributed by atoms with Crippen LogP contribution in [-0.2, 0) is 0 Å². The van der Waals surface area contributed by atoms with Gasteiger partial charge < -0.3 is 5.32 Å². The molecule has 3 heteroatoms. The highest BCUT2D eigenvalue weighted by Crippen LogP contribution is 2.27. The van der Waals surface area contributed by atoms with E-state index in [4.69, 9.17) is 0 Å². The van der Waals surface area contributed by atoms with E-state index < -0.39 is 0 Å². The van der Waals surface area contributed by atoms with Gasteiger partial charge in [0.2, 0.25) is 0 Å². The van der Waals surface area contributed by atoms with Gasteiger partial charge in [0.05, 0.1) is 5.69 Å². The number of aryl methyl sites for hydroxylation is 1. The van der Waals surface area contributed by atoms with Crippen molar-refractivity contribution in [3.63, 3.8) is 0 Å². The van der Waals surface area contributed by atoms with Gasteiger partial charge in [0.15, 0.2) is 0 Å². The van der Waals surface area contributed by atoms with Crippen LogP contribution >= 0.6 is 0 Å². The minimum absolute atomic E-state index is 0.280. The van der Waals surface area contributed by atoms with Gasteiger partial charge in [0.25, 0.3) is 0 Å². The van der Waals surface area contributed by atoms with E-state index in [0.717, 1.165) is 31.6 Å². The quantitative estimate of drug-likeness (QED) is 0.813. The fourth-order valence-electron chi connectivity index (χ4n) is 2.38. The highest BCUT2D eigenvalue weighted by atomic mass is 19.1. The number of rotatable bonds is 2. The van der Waals surface area contributed by atoms with Crippen LogP contribution in [0.5, 0.6) is 0 Å². The molecule has 0 aromatic heterocycles. The average molecular weight is 239 g/mol. The lowest BCUT2D eigenvalue weighted by molar-refractivity contribution is 0.360. The zero-order valence-electron chi connectivity index (χ0n) is 10.4. The lowest BCUT2D eigenvalue weighted by Gasteiger charge is -2.28. The smallest absolute Gasteiger partial charge is 0.146 e. The average Bonchev–Trinajstić information content (AvgIpc) is 2.29. The molecule has 1 aliphatic carbocycles. The number of halogens is 2. The van der Waals surface area contributed by atoms with Crippen molar-refractivity contribution in [2.45, 2.75) is 45.6 Å². The van der Waals surface area contributed by atoms with E-state index in [0.29, 0.717) is 11.3 Å². The van der Waals surface area contributed by atoms with Crippen molar-refractivity contribution in [3.8, 4) is 0 Å². The van der Waals surface area contributed by atoms with Gasteiger partial charge in [0, 0.05) is 12.1 Å². The van der Waals surface area contributed by atoms with Crippen LogP contribution in [0.4, 0.5) is 14.5 Å². The van der Waals surface area contributed by atoms with Crippen LogP contribution in [0, 0.1) is 24.5 Å². The molecule has 1 saturated carbocycles. The lowest BCUT2D eigenvalue weighted by atomic mass is 9.87. The summed E-state index contributed by atoms with van der Waals surface area (Å²) in [5, 5.41) is 3.12. The molecular formula is C14H19F2N. The second kappa shape index (κ2) is 5.03. The van der Waals surface area contributed by atoms with Gasteiger partial charge in [-0.25, -0.2) is 8.78 Å². The molecule has 0 unspecified atom stereocenters. The van der Waals surface area contributed by atoms with Gasteiger partial charge in [-0.1, -0.05) is 6.92 Å². The van der Waals surface area contributed by atoms with Crippen molar-refractivity contribution in [3.05, 3.63) is 29.3 Å². The topological polar surface area (TPSA) is 12.0 Å². The first-order chi connectivity index (χ1) is 8.06. The third-order valence-electron chi connectivity index (χ3n) is 3.62. The molecule has 1 aliphatic rings. The third-order valence-corrected chi connectivity index (χ3v) is 3.62. The maximum atomic E-state index is 13.6. The Morgan fingerprint density at radius 2 is 1.71 bits per heavy atom. The molecular weight excluding hydrogens is 220 g/mol. The highest BCUT2D eigenvalue weighted by molar-refractivity contribution is 5.47. The number of hydrogen-bond donors (Lipinski definition) is 1. The Labute approximate surface area is 101 Å². The monoisotopic (exact) mass is 239 g/mol. The summed E-state index contributed by atoms with van der Waals surface area (Å²) in [5.74, 6) is 0.0493. The van der Waals surface area contributed by atoms with E-state index in [9.17, 15) is 8.78 Å². The highest BCUT2D eigenvalue weighted by Gasteiger charge is 2.19. The largest absolute Gasteiger partial charge is 0.380 e. The Morgan fingerprint density at radius 1 is 1.06 bits per heavy atom. The summed E-state index contributed by atoms with van der Waals surface area (Å²) in [5.41, 5.74) is 0.651. The fourth-order valence-corrected chi connectivity index (χ4v) is 2.38. The number of anilines is 1. The molecule has 0 amide bonds. The van der Waals surface area contributed by atoms with Gasteiger partial charge in [-0.15, -0.1) is 0 Å². The van der Waals surface area contributed by atoms with E-state index in [-0.39, 0.29) is 17.7 Å². The Hall–Kier alpha value is -1.12. The summed E-state index contributed by atoms with van der Waals surface area (Å²) in [6.07, 6.45) is 4.40. The number of hydrogen-bond acceptors (Lipinski definition) is 1. The lowest BCUT2D eigenvalue weighted by Crippen LogP contribution is -2.25. The van der Waals surface area contributed by atoms with Crippen molar-refractivity contribution in [2.75, 3.05) is 5.32 Å². The summed E-state index contributed by atoms with van der Waals surface area (Å²) in [6, 6.07) is 2.80. The second-order valence-electron chi connectivity index (χ2n) is 5.18. The fraction of sp³-hybridized carbons (Fsp3) is 0.571. The van der Waals surface area contributed by atoms with Gasteiger partial charge in [-0.05, 0) is 50.2 Å². The minimum atomic E-state index is -0.359. The summed E-state index contributed by atoms with van der Waals surface area (Å²) < 4.78 is 27.0. The van der Waals surface area contributed by atoms with Crippen LogP contribution in [0.2, 0.25) is 0 Å². The zero-order valence-corrected chi connectivity index (χ0v) is 10.4. The maximum Gasteiger partial charge on any atom is 0.146 e. The first kappa shape index (κ1) is 12.3. The molecule has 0 bridgehead atoms. The van der Waals surface area contributed by atoms with Crippen molar-refractivity contribution in [1.82, 2.24) is 0 Å². The van der Waals surface area contributed by atoms with Crippen molar-refractivity contribution in [1.29, 1.82) is 0 Å². The molecule has 0 saturated heterocycles. The SMILES string of the molecule is Cc1cc(F)c(NC2CCC(C)CC2)cc1F. The Bertz CT molecular complexity index is 395. The van der Waals surface area contributed by atoms with Crippen LogP contribution in [0.25, 0.3) is 0 Å². The van der Waals surface area contributed by atoms with Crippen molar-refractivity contribution in [2.24, 2.45) is 5.92 Å². The molecule has 0 heterocycles. The van der Waals surface area contributed by atoms with Gasteiger partial charge >= 0.3 is 0 Å². The maximum absolute atomic E-state index is 13.6. The number of benzene rings is 1. The normalized spacial score (nSPS) is 24.7. The van der Waals surface area contributed by atoms with E-state index in [1.54, 1.807) is 6.92 Å². The standard InChI is InChI=1S/C14H19F2N/c1-9-3-5-11(6-4-9)17-14-8-12(15)10(2)7-13(14)16/h7-9,11,17H,3-6H2,1-2H3. The molecule has 0 atom stereocenters. The van der Waals surface area contributed by atoms with Crippen molar-refractivity contribution < 1.29 is 8.78 Å². The minimum Gasteiger partial charge on any atom is -0.380 e. The molecule has 1 aromatic rings. The van der Waals surface area contributed by atoms with Crippen LogP contribution in [0.15, 0.2) is 12.1 Å². The zero-order chi connectivity index (χ0) is 12.4. The number of nitrogens with one attached hydrogen (secondary N) is 1. The van der Waals surface area contributed by atoms with E-state index in [1.807, 2.05) is 0 Å². The van der Waals surface area contributed by atoms with Crippen molar-refractivity contribution >= 4 is 5.69 Å². The van der Waals surface area contributed by atoms with Gasteiger partial charge in [-0.3, -0.25) is 0 Å². The molecule has 0 aliphatic heterocycles. The van der Waals surface area contributed by atoms with Gasteiger partial charge in [0.1, 0.15) is 11.6 Å². The first-order valence-corrected chi connectivity index (χ1v) is 6.28. The van der Waals surface area contributed by atoms with Crippen LogP contribution in [-0.4, -0.2) is 6.04 Å². The molecule has 1 nitrogen and oxygen atoms in total. The molecule has 0 radical (unpaired) electrons. The van der Waals surface area contributed by atoms with E-state index in [2.05, 4.69) is 12.2 Å². The molecule has 2 rings (SSSR count). The first-order valence-electron chi connectivity index (χ1n) is 6.28. The summed E-state index contributed by atoms with van der Waals surface area (Å²) in [6.45, 7) is 3.81. The van der Waals surface area contributed by atoms with Gasteiger partial charge in [-0.2, -0.15) is 0 Å². The molecule has 17 heavy (non-hydrogen) atoms. The summed E-state index contributed by atoms with van der Waals surface area (Å²) >= 11 is 0. The molecule has 1 N–H and O–H groups in total. The van der Waals surface area contributed by atoms with E-state index in [1.165, 1.54) is 12.1 Å². The third kappa shape index (κ3) is 2.96. The Kier molecular flexibility index (Phi) is 3.65. The summed E-state index contributed by atoms with van der Waals surface area (Å²) in [4.78, 5) is 0. The van der Waals surface area contributed by atoms with Crippen LogP contribution < -0.4 is 5.32 Å². The molecule has 94 valence electrons. The molecule has 0 spiro atoms. The summed E-state index contributed by atoms with van der Waals surface area (Å²) in [7, 11) is 0. The Morgan fingerprint density at radius 3 is 2.35 bits per heavy atom. The second-order valence-corrected chi connectivity index (χ2v) is 5.18. The molecule has 1 aromatic carbocycles.